The number of halogens is 1. The van der Waals surface area contributed by atoms with E-state index in [9.17, 15) is 0 Å². The molecule has 20 heavy (non-hydrogen) atoms. The maximum absolute atomic E-state index is 6.10. The minimum Gasteiger partial charge on any atom is -0.398 e. The van der Waals surface area contributed by atoms with Gasteiger partial charge in [0.25, 0.3) is 0 Å². The largest absolute Gasteiger partial charge is 0.398 e. The van der Waals surface area contributed by atoms with Crippen molar-refractivity contribution in [1.29, 1.82) is 0 Å². The van der Waals surface area contributed by atoms with Crippen LogP contribution in [0.15, 0.2) is 41.1 Å². The van der Waals surface area contributed by atoms with Gasteiger partial charge in [0.05, 0.1) is 12.2 Å². The van der Waals surface area contributed by atoms with E-state index in [-0.39, 0.29) is 0 Å². The van der Waals surface area contributed by atoms with E-state index in [0.717, 1.165) is 33.5 Å². The highest BCUT2D eigenvalue weighted by Crippen LogP contribution is 2.27. The van der Waals surface area contributed by atoms with Crippen LogP contribution < -0.4 is 5.73 Å². The fourth-order valence-corrected chi connectivity index (χ4v) is 3.03. The van der Waals surface area contributed by atoms with E-state index in [1.807, 2.05) is 26.1 Å². The second kappa shape index (κ2) is 4.94. The van der Waals surface area contributed by atoms with Gasteiger partial charge in [-0.15, -0.1) is 0 Å². The smallest absolute Gasteiger partial charge is 0.0652 e. The third-order valence-electron chi connectivity index (χ3n) is 3.74. The summed E-state index contributed by atoms with van der Waals surface area (Å²) in [5.74, 6) is 0. The van der Waals surface area contributed by atoms with Crippen molar-refractivity contribution in [3.05, 3.63) is 58.0 Å². The number of fused-ring (bicyclic) bond motifs is 1. The van der Waals surface area contributed by atoms with Crippen molar-refractivity contribution in [3.8, 4) is 0 Å². The number of hydrogen-bond acceptors (Lipinski definition) is 2. The molecule has 3 nitrogen and oxygen atoms in total. The first-order chi connectivity index (χ1) is 9.58. The van der Waals surface area contributed by atoms with Crippen LogP contribution in [-0.2, 0) is 6.54 Å². The molecule has 0 bridgehead atoms. The summed E-state index contributed by atoms with van der Waals surface area (Å²) >= 11 is 3.61. The molecular weight excluding hydrogens is 314 g/mol. The van der Waals surface area contributed by atoms with Gasteiger partial charge in [0.1, 0.15) is 0 Å². The number of benzene rings is 1. The predicted octanol–water partition coefficient (Wildman–Crippen LogP) is 4.05. The van der Waals surface area contributed by atoms with Gasteiger partial charge in [-0.2, -0.15) is 0 Å². The van der Waals surface area contributed by atoms with Gasteiger partial charge < -0.3 is 10.3 Å². The Bertz CT molecular complexity index is 790. The molecule has 0 aliphatic rings. The zero-order chi connectivity index (χ0) is 14.3. The van der Waals surface area contributed by atoms with Crippen LogP contribution in [0.2, 0.25) is 0 Å². The molecular formula is C16H16BrN3. The maximum Gasteiger partial charge on any atom is 0.0652 e. The summed E-state index contributed by atoms with van der Waals surface area (Å²) in [5.41, 5.74) is 11.2. The number of nitrogens with two attached hydrogens (primary N) is 1. The van der Waals surface area contributed by atoms with E-state index in [2.05, 4.69) is 49.9 Å². The van der Waals surface area contributed by atoms with Gasteiger partial charge in [0, 0.05) is 33.5 Å². The van der Waals surface area contributed by atoms with Crippen molar-refractivity contribution < 1.29 is 0 Å². The number of aromatic nitrogens is 2. The van der Waals surface area contributed by atoms with Crippen molar-refractivity contribution >= 4 is 32.5 Å². The highest BCUT2D eigenvalue weighted by Gasteiger charge is 2.10. The summed E-state index contributed by atoms with van der Waals surface area (Å²) in [6, 6.07) is 8.33. The standard InChI is InChI=1S/C16H16BrN3/c1-10-7-19-14(11(2)16(10)18)9-20-8-13(17)12-5-3-4-6-15(12)20/h3-8H,9H2,1-2H3,(H2,18,19). The number of para-hydroxylation sites is 1. The summed E-state index contributed by atoms with van der Waals surface area (Å²) < 4.78 is 3.30. The van der Waals surface area contributed by atoms with Gasteiger partial charge in [0.2, 0.25) is 0 Å². The number of aryl methyl sites for hydroxylation is 1. The fraction of sp³-hybridized carbons (Fsp3) is 0.188. The molecule has 3 rings (SSSR count). The molecule has 2 N–H and O–H groups in total. The van der Waals surface area contributed by atoms with Gasteiger partial charge in [-0.05, 0) is 47.0 Å². The highest BCUT2D eigenvalue weighted by molar-refractivity contribution is 9.10. The Kier molecular flexibility index (Phi) is 3.26. The molecule has 2 aromatic heterocycles. The number of rotatable bonds is 2. The zero-order valence-electron chi connectivity index (χ0n) is 11.5. The Labute approximate surface area is 126 Å². The monoisotopic (exact) mass is 329 g/mol. The lowest BCUT2D eigenvalue weighted by molar-refractivity contribution is 0.798. The Hall–Kier alpha value is -1.81. The van der Waals surface area contributed by atoms with Gasteiger partial charge in [-0.1, -0.05) is 18.2 Å². The van der Waals surface area contributed by atoms with E-state index < -0.39 is 0 Å². The third-order valence-corrected chi connectivity index (χ3v) is 4.37. The van der Waals surface area contributed by atoms with Crippen molar-refractivity contribution in [2.45, 2.75) is 20.4 Å². The Balaban J connectivity index is 2.08. The molecule has 0 spiro atoms. The molecule has 0 saturated heterocycles. The van der Waals surface area contributed by atoms with Crippen LogP contribution in [-0.4, -0.2) is 9.55 Å². The van der Waals surface area contributed by atoms with Crippen LogP contribution in [0, 0.1) is 13.8 Å². The fourth-order valence-electron chi connectivity index (χ4n) is 2.45. The van der Waals surface area contributed by atoms with Gasteiger partial charge >= 0.3 is 0 Å². The molecule has 0 aliphatic carbocycles. The summed E-state index contributed by atoms with van der Waals surface area (Å²) in [4.78, 5) is 4.53. The van der Waals surface area contributed by atoms with Crippen LogP contribution in [0.4, 0.5) is 5.69 Å². The van der Waals surface area contributed by atoms with E-state index in [0.29, 0.717) is 0 Å². The molecule has 0 saturated carbocycles. The lowest BCUT2D eigenvalue weighted by Crippen LogP contribution is -2.06. The summed E-state index contributed by atoms with van der Waals surface area (Å²) in [5, 5.41) is 1.21. The molecule has 0 amide bonds. The Morgan fingerprint density at radius 1 is 1.25 bits per heavy atom. The SMILES string of the molecule is Cc1cnc(Cn2cc(Br)c3ccccc32)c(C)c1N. The van der Waals surface area contributed by atoms with Crippen LogP contribution in [0.3, 0.4) is 0 Å². The minimum atomic E-state index is 0.725. The highest BCUT2D eigenvalue weighted by atomic mass is 79.9. The average molecular weight is 330 g/mol. The number of pyridine rings is 1. The topological polar surface area (TPSA) is 43.8 Å². The molecule has 0 radical (unpaired) electrons. The van der Waals surface area contributed by atoms with E-state index in [1.165, 1.54) is 10.9 Å². The second-order valence-corrected chi connectivity index (χ2v) is 5.90. The van der Waals surface area contributed by atoms with E-state index in [4.69, 9.17) is 5.73 Å². The number of anilines is 1. The Morgan fingerprint density at radius 3 is 2.80 bits per heavy atom. The quantitative estimate of drug-likeness (QED) is 0.770. The van der Waals surface area contributed by atoms with Crippen LogP contribution in [0.5, 0.6) is 0 Å². The van der Waals surface area contributed by atoms with Crippen LogP contribution in [0.25, 0.3) is 10.9 Å². The summed E-state index contributed by atoms with van der Waals surface area (Å²) in [7, 11) is 0. The van der Waals surface area contributed by atoms with E-state index >= 15 is 0 Å². The van der Waals surface area contributed by atoms with E-state index in [1.54, 1.807) is 0 Å². The third kappa shape index (κ3) is 2.10. The number of nitrogen functional groups attached to an aromatic ring is 1. The van der Waals surface area contributed by atoms with Crippen LogP contribution in [0.1, 0.15) is 16.8 Å². The van der Waals surface area contributed by atoms with Crippen molar-refractivity contribution in [3.63, 3.8) is 0 Å². The molecule has 3 aromatic rings. The number of hydrogen-bond donors (Lipinski definition) is 1. The lowest BCUT2D eigenvalue weighted by atomic mass is 10.1. The lowest BCUT2D eigenvalue weighted by Gasteiger charge is -2.11. The van der Waals surface area contributed by atoms with Gasteiger partial charge in [0.15, 0.2) is 0 Å². The average Bonchev–Trinajstić information content (AvgIpc) is 2.77. The zero-order valence-corrected chi connectivity index (χ0v) is 13.1. The molecule has 2 heterocycles. The summed E-state index contributed by atoms with van der Waals surface area (Å²) in [6.07, 6.45) is 3.94. The Morgan fingerprint density at radius 2 is 2.00 bits per heavy atom. The second-order valence-electron chi connectivity index (χ2n) is 5.05. The van der Waals surface area contributed by atoms with Crippen molar-refractivity contribution in [2.75, 3.05) is 5.73 Å². The van der Waals surface area contributed by atoms with Crippen LogP contribution >= 0.6 is 15.9 Å². The molecule has 1 aromatic carbocycles. The first kappa shape index (κ1) is 13.2. The molecule has 0 fully saturated rings. The first-order valence-corrected chi connectivity index (χ1v) is 7.31. The van der Waals surface area contributed by atoms with Crippen molar-refractivity contribution in [1.82, 2.24) is 9.55 Å². The van der Waals surface area contributed by atoms with Crippen molar-refractivity contribution in [2.24, 2.45) is 0 Å². The normalized spacial score (nSPS) is 11.2. The molecule has 4 heteroatoms. The molecule has 0 unspecified atom stereocenters. The first-order valence-electron chi connectivity index (χ1n) is 6.52. The molecule has 0 aliphatic heterocycles. The number of nitrogens with zero attached hydrogens (tertiary/aromatic N) is 2. The predicted molar refractivity (Wildman–Crippen MR) is 86.9 cm³/mol. The van der Waals surface area contributed by atoms with Gasteiger partial charge in [-0.25, -0.2) is 0 Å². The molecule has 102 valence electrons. The maximum atomic E-state index is 6.10. The summed E-state index contributed by atoms with van der Waals surface area (Å²) in [6.45, 7) is 4.74. The molecule has 0 atom stereocenters. The minimum absolute atomic E-state index is 0.725. The van der Waals surface area contributed by atoms with Gasteiger partial charge in [-0.3, -0.25) is 4.98 Å².